The second-order valence-corrected chi connectivity index (χ2v) is 19.1. The van der Waals surface area contributed by atoms with E-state index in [1.54, 1.807) is 58.7 Å². The summed E-state index contributed by atoms with van der Waals surface area (Å²) < 4.78 is 0.963. The Balaban J connectivity index is 0.000000118. The summed E-state index contributed by atoms with van der Waals surface area (Å²) in [4.78, 5) is 46.5. The smallest absolute Gasteiger partial charge is 0.159 e. The van der Waals surface area contributed by atoms with Crippen molar-refractivity contribution in [2.24, 2.45) is 0 Å². The van der Waals surface area contributed by atoms with Gasteiger partial charge < -0.3 is 0 Å². The van der Waals surface area contributed by atoms with Crippen molar-refractivity contribution in [3.05, 3.63) is 163 Å². The molecule has 11 rings (SSSR count). The highest BCUT2D eigenvalue weighted by molar-refractivity contribution is 9.11. The van der Waals surface area contributed by atoms with Gasteiger partial charge in [-0.05, 0) is 154 Å². The van der Waals surface area contributed by atoms with Gasteiger partial charge in [-0.15, -0.1) is 34.0 Å². The molecule has 1 aliphatic carbocycles. The third kappa shape index (κ3) is 12.5. The van der Waals surface area contributed by atoms with Crippen LogP contribution < -0.4 is 0 Å². The second kappa shape index (κ2) is 21.3. The molecular formula is C46H40BrClN10S3. The van der Waals surface area contributed by atoms with Crippen molar-refractivity contribution in [3.8, 4) is 21.4 Å². The summed E-state index contributed by atoms with van der Waals surface area (Å²) in [7, 11) is 0. The molecule has 306 valence electrons. The number of fused-ring (bicyclic) bond motifs is 4. The van der Waals surface area contributed by atoms with E-state index in [1.165, 1.54) is 45.2 Å². The molecule has 0 fully saturated rings. The summed E-state index contributed by atoms with van der Waals surface area (Å²) in [6.45, 7) is 8.14. The average molecular weight is 944 g/mol. The van der Waals surface area contributed by atoms with Crippen LogP contribution in [0.3, 0.4) is 0 Å². The highest BCUT2D eigenvalue weighted by atomic mass is 79.9. The lowest BCUT2D eigenvalue weighted by Gasteiger charge is -2.14. The van der Waals surface area contributed by atoms with Crippen LogP contribution in [0.5, 0.6) is 0 Å². The molecule has 0 unspecified atom stereocenters. The molecule has 10 heterocycles. The topological polar surface area (TPSA) is 129 Å². The fourth-order valence-electron chi connectivity index (χ4n) is 6.04. The number of hydrogen-bond donors (Lipinski definition) is 0. The maximum Gasteiger partial charge on any atom is 0.159 e. The SMILES string of the molecule is Cc1ccc2ncccc2n1.Cc1cnc(-c2ccc3c(n2)CCCC3)s1.Cc1cnc(-c2ccc3ncccc3n2)s1.Cc1cnc(Br)s1.Clc1ccc2ncccc2n1. The minimum Gasteiger partial charge on any atom is -0.255 e. The van der Waals surface area contributed by atoms with Crippen molar-refractivity contribution < 1.29 is 0 Å². The van der Waals surface area contributed by atoms with Gasteiger partial charge in [0.05, 0.1) is 44.5 Å². The molecule has 0 amide bonds. The van der Waals surface area contributed by atoms with E-state index in [0.717, 1.165) is 70.5 Å². The van der Waals surface area contributed by atoms with E-state index >= 15 is 0 Å². The predicted molar refractivity (Wildman–Crippen MR) is 255 cm³/mol. The molecule has 15 heteroatoms. The lowest BCUT2D eigenvalue weighted by Crippen LogP contribution is -2.05. The monoisotopic (exact) mass is 942 g/mol. The van der Waals surface area contributed by atoms with E-state index < -0.39 is 0 Å². The number of thiazole rings is 3. The first-order valence-electron chi connectivity index (χ1n) is 19.4. The first kappa shape index (κ1) is 43.6. The Kier molecular flexibility index (Phi) is 15.2. The highest BCUT2D eigenvalue weighted by Crippen LogP contribution is 2.27. The Hall–Kier alpha value is -5.51. The zero-order chi connectivity index (χ0) is 42.6. The van der Waals surface area contributed by atoms with Crippen molar-refractivity contribution in [2.75, 3.05) is 0 Å². The van der Waals surface area contributed by atoms with Gasteiger partial charge in [-0.1, -0.05) is 17.7 Å². The Labute approximate surface area is 379 Å². The Morgan fingerprint density at radius 3 is 1.54 bits per heavy atom. The fourth-order valence-corrected chi connectivity index (χ4v) is 9.01. The van der Waals surface area contributed by atoms with Crippen molar-refractivity contribution in [2.45, 2.75) is 53.4 Å². The molecule has 1 aliphatic rings. The second-order valence-electron chi connectivity index (χ2n) is 13.7. The molecule has 0 saturated heterocycles. The van der Waals surface area contributed by atoms with Crippen LogP contribution in [0.25, 0.3) is 54.5 Å². The van der Waals surface area contributed by atoms with Gasteiger partial charge in [0.1, 0.15) is 15.2 Å². The van der Waals surface area contributed by atoms with Gasteiger partial charge in [0.25, 0.3) is 0 Å². The molecule has 0 atom stereocenters. The number of rotatable bonds is 2. The van der Waals surface area contributed by atoms with E-state index in [0.29, 0.717) is 5.15 Å². The Morgan fingerprint density at radius 2 is 0.984 bits per heavy atom. The van der Waals surface area contributed by atoms with Crippen molar-refractivity contribution in [1.82, 2.24) is 49.8 Å². The molecule has 0 aromatic carbocycles. The van der Waals surface area contributed by atoms with E-state index in [-0.39, 0.29) is 0 Å². The number of halogens is 2. The summed E-state index contributed by atoms with van der Waals surface area (Å²) >= 11 is 13.9. The molecule has 61 heavy (non-hydrogen) atoms. The van der Waals surface area contributed by atoms with Crippen LogP contribution in [0.2, 0.25) is 5.15 Å². The predicted octanol–water partition coefficient (Wildman–Crippen LogP) is 12.9. The molecule has 0 saturated carbocycles. The van der Waals surface area contributed by atoms with Gasteiger partial charge in [-0.25, -0.2) is 24.9 Å². The average Bonchev–Trinajstić information content (AvgIpc) is 4.04. The van der Waals surface area contributed by atoms with Crippen LogP contribution in [-0.4, -0.2) is 49.8 Å². The number of hydrogen-bond acceptors (Lipinski definition) is 13. The summed E-state index contributed by atoms with van der Waals surface area (Å²) in [6, 6.07) is 27.3. The van der Waals surface area contributed by atoms with Crippen LogP contribution in [0.15, 0.2) is 126 Å². The van der Waals surface area contributed by atoms with Gasteiger partial charge in [-0.2, -0.15) is 0 Å². The largest absolute Gasteiger partial charge is 0.255 e. The van der Waals surface area contributed by atoms with Gasteiger partial charge in [-0.3, -0.25) is 24.9 Å². The minimum absolute atomic E-state index is 0.505. The first-order valence-corrected chi connectivity index (χ1v) is 23.0. The van der Waals surface area contributed by atoms with Crippen molar-refractivity contribution >= 4 is 94.6 Å². The lowest BCUT2D eigenvalue weighted by molar-refractivity contribution is 0.668. The highest BCUT2D eigenvalue weighted by Gasteiger charge is 2.13. The van der Waals surface area contributed by atoms with E-state index in [1.807, 2.05) is 106 Å². The van der Waals surface area contributed by atoms with Crippen molar-refractivity contribution in [1.29, 1.82) is 0 Å². The molecule has 10 aromatic rings. The number of aryl methyl sites for hydroxylation is 6. The molecule has 0 N–H and O–H groups in total. The lowest BCUT2D eigenvalue weighted by atomic mass is 9.96. The zero-order valence-corrected chi connectivity index (χ0v) is 38.6. The van der Waals surface area contributed by atoms with Crippen LogP contribution in [0.4, 0.5) is 0 Å². The van der Waals surface area contributed by atoms with E-state index in [4.69, 9.17) is 16.6 Å². The standard InChI is InChI=1S/C13H14N2S.C12H9N3S.C9H8N2.C8H5ClN2.C4H4BrNS/c1-9-8-14-13(16-9)12-7-6-10-4-2-3-5-11(10)15-12;1-8-7-14-12(16-8)11-5-4-9-10(15-11)3-2-6-13-9;1-7-4-5-8-9(11-7)3-2-6-10-8;9-8-4-3-6-7(11-8)2-1-5-10-6;1-3-2-6-4(5)7-3/h6-8H,2-5H2,1H3;2-7H,1H3;2-6H,1H3;1-5H;2H,1H3. The van der Waals surface area contributed by atoms with Crippen molar-refractivity contribution in [3.63, 3.8) is 0 Å². The normalized spacial score (nSPS) is 11.5. The minimum atomic E-state index is 0.505. The zero-order valence-electron chi connectivity index (χ0n) is 33.8. The summed E-state index contributed by atoms with van der Waals surface area (Å²) in [5.41, 5.74) is 11.2. The summed E-state index contributed by atoms with van der Waals surface area (Å²) in [5, 5.41) is 2.51. The maximum absolute atomic E-state index is 5.68. The maximum atomic E-state index is 5.68. The molecule has 10 aromatic heterocycles. The van der Waals surface area contributed by atoms with E-state index in [2.05, 4.69) is 79.8 Å². The van der Waals surface area contributed by atoms with Gasteiger partial charge in [0.2, 0.25) is 0 Å². The molecular weight excluding hydrogens is 904 g/mol. The van der Waals surface area contributed by atoms with E-state index in [9.17, 15) is 0 Å². The molecule has 0 radical (unpaired) electrons. The van der Waals surface area contributed by atoms with Crippen LogP contribution in [0, 0.1) is 27.7 Å². The molecule has 10 nitrogen and oxygen atoms in total. The number of aromatic nitrogens is 10. The van der Waals surface area contributed by atoms with Gasteiger partial charge >= 0.3 is 0 Å². The number of nitrogens with zero attached hydrogens (tertiary/aromatic N) is 10. The Morgan fingerprint density at radius 1 is 0.475 bits per heavy atom. The molecule has 0 bridgehead atoms. The molecule has 0 spiro atoms. The number of pyridine rings is 7. The summed E-state index contributed by atoms with van der Waals surface area (Å²) in [6.07, 6.45) is 15.8. The third-order valence-electron chi connectivity index (χ3n) is 8.93. The van der Waals surface area contributed by atoms with Gasteiger partial charge in [0, 0.05) is 63.2 Å². The third-order valence-corrected chi connectivity index (χ3v) is 12.4. The molecule has 0 aliphatic heterocycles. The first-order chi connectivity index (χ1) is 29.7. The van der Waals surface area contributed by atoms with Gasteiger partial charge in [0.15, 0.2) is 3.92 Å². The van der Waals surface area contributed by atoms with Crippen LogP contribution in [-0.2, 0) is 12.8 Å². The Bertz CT molecular complexity index is 2910. The fraction of sp³-hybridized carbons (Fsp3) is 0.174. The van der Waals surface area contributed by atoms with Crippen LogP contribution in [0.1, 0.15) is 44.4 Å². The quantitative estimate of drug-likeness (QED) is 0.154. The van der Waals surface area contributed by atoms with Crippen LogP contribution >= 0.6 is 61.5 Å². The summed E-state index contributed by atoms with van der Waals surface area (Å²) in [5.74, 6) is 0.